The van der Waals surface area contributed by atoms with Gasteiger partial charge in [-0.2, -0.15) is 0 Å². The molecule has 3 rings (SSSR count). The molecule has 0 fully saturated rings. The smallest absolute Gasteiger partial charge is 0.191 e. The zero-order valence-corrected chi connectivity index (χ0v) is 16.2. The average Bonchev–Trinajstić information content (AvgIpc) is 3.09. The standard InChI is InChI=1S/C19H23ClN6O/c1-3-21-19(22-12-14-8-9-15(20)11-16(14)27-4-2)23-13-18-25-24-17-7-5-6-10-26(17)18/h5-11H,3-4,12-13H2,1-2H3,(H2,21,22,23). The molecular weight excluding hydrogens is 364 g/mol. The number of aromatic nitrogens is 3. The lowest BCUT2D eigenvalue weighted by molar-refractivity contribution is 0.336. The van der Waals surface area contributed by atoms with Gasteiger partial charge in [-0.3, -0.25) is 4.40 Å². The first-order chi connectivity index (χ1) is 13.2. The number of halogens is 1. The lowest BCUT2D eigenvalue weighted by Crippen LogP contribution is -2.37. The SMILES string of the molecule is CCNC(=NCc1ccc(Cl)cc1OCC)NCc1nnc2ccccn12. The quantitative estimate of drug-likeness (QED) is 0.482. The van der Waals surface area contributed by atoms with Crippen LogP contribution in [0.25, 0.3) is 5.65 Å². The van der Waals surface area contributed by atoms with Crippen LogP contribution < -0.4 is 15.4 Å². The number of pyridine rings is 1. The fourth-order valence-electron chi connectivity index (χ4n) is 2.63. The van der Waals surface area contributed by atoms with Crippen molar-refractivity contribution >= 4 is 23.2 Å². The molecule has 2 heterocycles. The molecule has 0 amide bonds. The molecule has 0 saturated carbocycles. The Hall–Kier alpha value is -2.80. The van der Waals surface area contributed by atoms with E-state index in [-0.39, 0.29) is 0 Å². The molecule has 0 aliphatic carbocycles. The van der Waals surface area contributed by atoms with Crippen molar-refractivity contribution in [2.24, 2.45) is 4.99 Å². The van der Waals surface area contributed by atoms with Gasteiger partial charge in [-0.1, -0.05) is 23.7 Å². The van der Waals surface area contributed by atoms with Crippen molar-refractivity contribution in [3.63, 3.8) is 0 Å². The van der Waals surface area contributed by atoms with Gasteiger partial charge in [0.25, 0.3) is 0 Å². The van der Waals surface area contributed by atoms with Crippen LogP contribution in [0, 0.1) is 0 Å². The van der Waals surface area contributed by atoms with Crippen molar-refractivity contribution in [2.75, 3.05) is 13.2 Å². The van der Waals surface area contributed by atoms with Gasteiger partial charge >= 0.3 is 0 Å². The van der Waals surface area contributed by atoms with Crippen LogP contribution in [0.1, 0.15) is 25.2 Å². The van der Waals surface area contributed by atoms with Gasteiger partial charge in [-0.15, -0.1) is 10.2 Å². The normalized spacial score (nSPS) is 11.6. The van der Waals surface area contributed by atoms with E-state index >= 15 is 0 Å². The molecule has 0 unspecified atom stereocenters. The van der Waals surface area contributed by atoms with E-state index in [2.05, 4.69) is 25.8 Å². The Balaban J connectivity index is 1.71. The number of hydrogen-bond donors (Lipinski definition) is 2. The molecule has 0 bridgehead atoms. The maximum Gasteiger partial charge on any atom is 0.191 e. The van der Waals surface area contributed by atoms with Crippen molar-refractivity contribution in [3.8, 4) is 5.75 Å². The summed E-state index contributed by atoms with van der Waals surface area (Å²) >= 11 is 6.06. The van der Waals surface area contributed by atoms with E-state index in [9.17, 15) is 0 Å². The number of benzene rings is 1. The van der Waals surface area contributed by atoms with Gasteiger partial charge in [0.15, 0.2) is 17.4 Å². The highest BCUT2D eigenvalue weighted by Gasteiger charge is 2.07. The van der Waals surface area contributed by atoms with E-state index in [1.807, 2.05) is 60.8 Å². The molecule has 0 radical (unpaired) electrons. The van der Waals surface area contributed by atoms with Crippen LogP contribution in [0.4, 0.5) is 0 Å². The molecule has 0 spiro atoms. The van der Waals surface area contributed by atoms with Crippen molar-refractivity contribution in [2.45, 2.75) is 26.9 Å². The molecule has 0 atom stereocenters. The number of guanidine groups is 1. The molecule has 27 heavy (non-hydrogen) atoms. The van der Waals surface area contributed by atoms with Crippen molar-refractivity contribution < 1.29 is 4.74 Å². The van der Waals surface area contributed by atoms with Crippen LogP contribution >= 0.6 is 11.6 Å². The molecule has 3 aromatic rings. The van der Waals surface area contributed by atoms with Gasteiger partial charge in [-0.25, -0.2) is 4.99 Å². The third kappa shape index (κ3) is 4.89. The Morgan fingerprint density at radius 1 is 1.19 bits per heavy atom. The van der Waals surface area contributed by atoms with E-state index in [0.717, 1.165) is 29.3 Å². The minimum Gasteiger partial charge on any atom is -0.493 e. The second kappa shape index (κ2) is 9.23. The fourth-order valence-corrected chi connectivity index (χ4v) is 2.79. The number of ether oxygens (including phenoxy) is 1. The number of fused-ring (bicyclic) bond motifs is 1. The molecule has 1 aromatic carbocycles. The molecule has 0 aliphatic heterocycles. The monoisotopic (exact) mass is 386 g/mol. The van der Waals surface area contributed by atoms with Crippen LogP contribution in [-0.4, -0.2) is 33.7 Å². The first kappa shape index (κ1) is 19.0. The molecule has 2 aromatic heterocycles. The summed E-state index contributed by atoms with van der Waals surface area (Å²) in [5, 5.41) is 15.6. The van der Waals surface area contributed by atoms with Crippen LogP contribution in [0.5, 0.6) is 5.75 Å². The lowest BCUT2D eigenvalue weighted by Gasteiger charge is -2.12. The summed E-state index contributed by atoms with van der Waals surface area (Å²) in [5.74, 6) is 2.27. The Morgan fingerprint density at radius 3 is 2.89 bits per heavy atom. The Bertz CT molecular complexity index is 923. The second-order valence-corrected chi connectivity index (χ2v) is 6.22. The Morgan fingerprint density at radius 2 is 2.07 bits per heavy atom. The first-order valence-electron chi connectivity index (χ1n) is 8.93. The van der Waals surface area contributed by atoms with Gasteiger partial charge in [-0.05, 0) is 38.1 Å². The maximum atomic E-state index is 6.06. The van der Waals surface area contributed by atoms with Gasteiger partial charge in [0.1, 0.15) is 5.75 Å². The molecule has 8 heteroatoms. The number of hydrogen-bond acceptors (Lipinski definition) is 4. The highest BCUT2D eigenvalue weighted by atomic mass is 35.5. The van der Waals surface area contributed by atoms with Crippen LogP contribution in [0.2, 0.25) is 5.02 Å². The minimum atomic E-state index is 0.475. The van der Waals surface area contributed by atoms with E-state index in [0.29, 0.717) is 30.7 Å². The highest BCUT2D eigenvalue weighted by molar-refractivity contribution is 6.30. The predicted octanol–water partition coefficient (Wildman–Crippen LogP) is 3.04. The molecule has 2 N–H and O–H groups in total. The Labute approximate surface area is 163 Å². The van der Waals surface area contributed by atoms with Gasteiger partial charge in [0, 0.05) is 23.3 Å². The van der Waals surface area contributed by atoms with Gasteiger partial charge in [0.05, 0.1) is 19.7 Å². The van der Waals surface area contributed by atoms with Crippen LogP contribution in [-0.2, 0) is 13.1 Å². The zero-order valence-electron chi connectivity index (χ0n) is 15.4. The topological polar surface area (TPSA) is 75.8 Å². The number of nitrogens with one attached hydrogen (secondary N) is 2. The van der Waals surface area contributed by atoms with Crippen molar-refractivity contribution in [1.29, 1.82) is 0 Å². The molecule has 0 aliphatic rings. The number of nitrogens with zero attached hydrogens (tertiary/aromatic N) is 4. The summed E-state index contributed by atoms with van der Waals surface area (Å²) in [7, 11) is 0. The zero-order chi connectivity index (χ0) is 19.1. The average molecular weight is 387 g/mol. The van der Waals surface area contributed by atoms with Crippen molar-refractivity contribution in [3.05, 3.63) is 59.0 Å². The Kier molecular flexibility index (Phi) is 6.49. The summed E-state index contributed by atoms with van der Waals surface area (Å²) < 4.78 is 7.61. The fraction of sp³-hybridized carbons (Fsp3) is 0.316. The summed E-state index contributed by atoms with van der Waals surface area (Å²) in [5.41, 5.74) is 1.80. The molecule has 7 nitrogen and oxygen atoms in total. The largest absolute Gasteiger partial charge is 0.493 e. The van der Waals surface area contributed by atoms with E-state index in [4.69, 9.17) is 16.3 Å². The second-order valence-electron chi connectivity index (χ2n) is 5.78. The van der Waals surface area contributed by atoms with E-state index < -0.39 is 0 Å². The van der Waals surface area contributed by atoms with Crippen LogP contribution in [0.15, 0.2) is 47.6 Å². The van der Waals surface area contributed by atoms with Crippen molar-refractivity contribution in [1.82, 2.24) is 25.2 Å². The summed E-state index contributed by atoms with van der Waals surface area (Å²) in [4.78, 5) is 4.65. The van der Waals surface area contributed by atoms with E-state index in [1.165, 1.54) is 0 Å². The summed E-state index contributed by atoms with van der Waals surface area (Å²) in [6.45, 7) is 6.29. The summed E-state index contributed by atoms with van der Waals surface area (Å²) in [6, 6.07) is 11.4. The summed E-state index contributed by atoms with van der Waals surface area (Å²) in [6.07, 6.45) is 1.94. The number of rotatable bonds is 7. The van der Waals surface area contributed by atoms with Gasteiger partial charge in [0.2, 0.25) is 0 Å². The van der Waals surface area contributed by atoms with Gasteiger partial charge < -0.3 is 15.4 Å². The number of aliphatic imine (C=N–C) groups is 1. The third-order valence-corrected chi connectivity index (χ3v) is 4.11. The molecular formula is C19H23ClN6O. The highest BCUT2D eigenvalue weighted by Crippen LogP contribution is 2.24. The lowest BCUT2D eigenvalue weighted by atomic mass is 10.2. The maximum absolute atomic E-state index is 6.06. The first-order valence-corrected chi connectivity index (χ1v) is 9.31. The predicted molar refractivity (Wildman–Crippen MR) is 107 cm³/mol. The minimum absolute atomic E-state index is 0.475. The van der Waals surface area contributed by atoms with E-state index in [1.54, 1.807) is 0 Å². The van der Waals surface area contributed by atoms with Crippen LogP contribution in [0.3, 0.4) is 0 Å². The third-order valence-electron chi connectivity index (χ3n) is 3.88. The molecule has 0 saturated heterocycles. The molecule has 142 valence electrons.